The van der Waals surface area contributed by atoms with E-state index in [1.54, 1.807) is 11.8 Å². The number of carbonyl (C=O) groups excluding carboxylic acids is 1. The first kappa shape index (κ1) is 14.4. The Morgan fingerprint density at radius 1 is 1.10 bits per heavy atom. The molecule has 0 atom stereocenters. The van der Waals surface area contributed by atoms with Crippen molar-refractivity contribution >= 4 is 35.6 Å². The van der Waals surface area contributed by atoms with E-state index in [0.717, 1.165) is 20.4 Å². The van der Waals surface area contributed by atoms with Gasteiger partial charge in [0.05, 0.1) is 6.21 Å². The molecule has 2 rings (SSSR count). The number of hydrazone groups is 1. The van der Waals surface area contributed by atoms with Crippen LogP contribution in [0, 0.1) is 0 Å². The quantitative estimate of drug-likeness (QED) is 0.670. The molecule has 0 spiro atoms. The minimum absolute atomic E-state index is 0.684. The summed E-state index contributed by atoms with van der Waals surface area (Å²) in [5.41, 5.74) is 7.92. The summed E-state index contributed by atoms with van der Waals surface area (Å²) in [5.74, 6) is 0. The van der Waals surface area contributed by atoms with Crippen LogP contribution in [-0.4, -0.2) is 12.2 Å². The fourth-order valence-corrected chi connectivity index (χ4v) is 2.37. The molecule has 6 heteroatoms. The molecule has 0 aliphatic heterocycles. The van der Waals surface area contributed by atoms with Gasteiger partial charge in [0.2, 0.25) is 0 Å². The maximum Gasteiger partial charge on any atom is 0.332 e. The van der Waals surface area contributed by atoms with E-state index in [-0.39, 0.29) is 0 Å². The SMILES string of the molecule is NC(=O)N/N=C/c1ccc(Sc2ccc(Cl)cc2)cc1. The zero-order chi connectivity index (χ0) is 14.4. The lowest BCUT2D eigenvalue weighted by Gasteiger charge is -2.02. The highest BCUT2D eigenvalue weighted by Gasteiger charge is 1.98. The van der Waals surface area contributed by atoms with E-state index in [1.807, 2.05) is 48.5 Å². The molecule has 0 aliphatic rings. The van der Waals surface area contributed by atoms with Crippen LogP contribution in [0.1, 0.15) is 5.56 Å². The Balaban J connectivity index is 1.99. The lowest BCUT2D eigenvalue weighted by Crippen LogP contribution is -2.24. The highest BCUT2D eigenvalue weighted by molar-refractivity contribution is 7.99. The summed E-state index contributed by atoms with van der Waals surface area (Å²) in [6, 6.07) is 14.8. The Morgan fingerprint density at radius 3 is 2.20 bits per heavy atom. The number of benzene rings is 2. The third-order valence-corrected chi connectivity index (χ3v) is 3.59. The van der Waals surface area contributed by atoms with Crippen LogP contribution in [0.5, 0.6) is 0 Å². The molecule has 4 nitrogen and oxygen atoms in total. The van der Waals surface area contributed by atoms with Gasteiger partial charge in [0.15, 0.2) is 0 Å². The summed E-state index contributed by atoms with van der Waals surface area (Å²) in [6.45, 7) is 0. The fraction of sp³-hybridized carbons (Fsp3) is 0. The van der Waals surface area contributed by atoms with Crippen LogP contribution in [0.4, 0.5) is 4.79 Å². The van der Waals surface area contributed by atoms with E-state index in [1.165, 1.54) is 6.21 Å². The minimum Gasteiger partial charge on any atom is -0.350 e. The van der Waals surface area contributed by atoms with Crippen molar-refractivity contribution in [1.29, 1.82) is 0 Å². The number of rotatable bonds is 4. The van der Waals surface area contributed by atoms with Crippen LogP contribution >= 0.6 is 23.4 Å². The van der Waals surface area contributed by atoms with Crippen molar-refractivity contribution in [2.45, 2.75) is 9.79 Å². The van der Waals surface area contributed by atoms with Crippen molar-refractivity contribution in [2.75, 3.05) is 0 Å². The minimum atomic E-state index is -0.684. The van der Waals surface area contributed by atoms with Crippen LogP contribution in [0.3, 0.4) is 0 Å². The van der Waals surface area contributed by atoms with Crippen molar-refractivity contribution in [2.24, 2.45) is 10.8 Å². The Bertz CT molecular complexity index is 611. The third kappa shape index (κ3) is 4.60. The van der Waals surface area contributed by atoms with E-state index in [0.29, 0.717) is 0 Å². The van der Waals surface area contributed by atoms with E-state index in [4.69, 9.17) is 17.3 Å². The zero-order valence-electron chi connectivity index (χ0n) is 10.4. The molecule has 3 N–H and O–H groups in total. The van der Waals surface area contributed by atoms with Gasteiger partial charge in [-0.1, -0.05) is 35.5 Å². The van der Waals surface area contributed by atoms with Crippen LogP contribution < -0.4 is 11.2 Å². The molecule has 0 saturated carbocycles. The van der Waals surface area contributed by atoms with Gasteiger partial charge in [-0.2, -0.15) is 5.10 Å². The van der Waals surface area contributed by atoms with Crippen LogP contribution in [0.2, 0.25) is 5.02 Å². The normalized spacial score (nSPS) is 10.7. The number of halogens is 1. The number of carbonyl (C=O) groups is 1. The Labute approximate surface area is 126 Å². The summed E-state index contributed by atoms with van der Waals surface area (Å²) < 4.78 is 0. The molecule has 0 fully saturated rings. The largest absolute Gasteiger partial charge is 0.350 e. The first-order chi connectivity index (χ1) is 9.63. The van der Waals surface area contributed by atoms with Gasteiger partial charge in [-0.3, -0.25) is 0 Å². The van der Waals surface area contributed by atoms with Crippen LogP contribution in [0.15, 0.2) is 63.4 Å². The number of amides is 2. The lowest BCUT2D eigenvalue weighted by molar-refractivity contribution is 0.249. The Kier molecular flexibility index (Phi) is 5.03. The van der Waals surface area contributed by atoms with Gasteiger partial charge in [0.25, 0.3) is 0 Å². The van der Waals surface area contributed by atoms with Gasteiger partial charge in [-0.05, 0) is 42.0 Å². The fourth-order valence-electron chi connectivity index (χ4n) is 1.43. The summed E-state index contributed by atoms with van der Waals surface area (Å²) >= 11 is 7.48. The topological polar surface area (TPSA) is 67.5 Å². The molecule has 2 amide bonds. The molecule has 0 unspecified atom stereocenters. The van der Waals surface area contributed by atoms with Gasteiger partial charge in [-0.15, -0.1) is 0 Å². The average Bonchev–Trinajstić information content (AvgIpc) is 2.43. The number of hydrogen-bond donors (Lipinski definition) is 2. The standard InChI is InChI=1S/C14H12ClN3OS/c15-11-3-7-13(8-4-11)20-12-5-1-10(2-6-12)9-17-18-14(16)19/h1-9H,(H3,16,18,19)/b17-9+. The molecular formula is C14H12ClN3OS. The lowest BCUT2D eigenvalue weighted by atomic mass is 10.2. The van der Waals surface area contributed by atoms with E-state index >= 15 is 0 Å². The summed E-state index contributed by atoms with van der Waals surface area (Å²) in [7, 11) is 0. The van der Waals surface area contributed by atoms with Crippen molar-refractivity contribution in [1.82, 2.24) is 5.43 Å². The van der Waals surface area contributed by atoms with Crippen LogP contribution in [-0.2, 0) is 0 Å². The van der Waals surface area contributed by atoms with Crippen molar-refractivity contribution in [3.63, 3.8) is 0 Å². The maximum atomic E-state index is 10.5. The third-order valence-electron chi connectivity index (χ3n) is 2.32. The molecule has 0 saturated heterocycles. The summed E-state index contributed by atoms with van der Waals surface area (Å²) in [4.78, 5) is 12.7. The Morgan fingerprint density at radius 2 is 1.65 bits per heavy atom. The predicted molar refractivity (Wildman–Crippen MR) is 82.3 cm³/mol. The average molecular weight is 306 g/mol. The van der Waals surface area contributed by atoms with Gasteiger partial charge < -0.3 is 5.73 Å². The number of nitrogens with one attached hydrogen (secondary N) is 1. The van der Waals surface area contributed by atoms with E-state index in [2.05, 4.69) is 10.5 Å². The number of hydrogen-bond acceptors (Lipinski definition) is 3. The first-order valence-electron chi connectivity index (χ1n) is 5.75. The monoisotopic (exact) mass is 305 g/mol. The van der Waals surface area contributed by atoms with Crippen molar-refractivity contribution in [3.8, 4) is 0 Å². The second-order valence-electron chi connectivity index (χ2n) is 3.86. The van der Waals surface area contributed by atoms with Gasteiger partial charge in [0, 0.05) is 14.8 Å². The molecule has 0 heterocycles. The molecule has 2 aromatic carbocycles. The molecule has 0 radical (unpaired) electrons. The first-order valence-corrected chi connectivity index (χ1v) is 6.95. The summed E-state index contributed by atoms with van der Waals surface area (Å²) in [6.07, 6.45) is 1.53. The predicted octanol–water partition coefficient (Wildman–Crippen LogP) is 3.49. The van der Waals surface area contributed by atoms with Gasteiger partial charge in [0.1, 0.15) is 0 Å². The second-order valence-corrected chi connectivity index (χ2v) is 5.44. The van der Waals surface area contributed by atoms with Crippen molar-refractivity contribution < 1.29 is 4.79 Å². The second kappa shape index (κ2) is 6.98. The molecular weight excluding hydrogens is 294 g/mol. The van der Waals surface area contributed by atoms with E-state index in [9.17, 15) is 4.79 Å². The number of nitrogens with zero attached hydrogens (tertiary/aromatic N) is 1. The van der Waals surface area contributed by atoms with Gasteiger partial charge >= 0.3 is 6.03 Å². The Hall–Kier alpha value is -1.98. The number of nitrogens with two attached hydrogens (primary N) is 1. The molecule has 0 bridgehead atoms. The summed E-state index contributed by atoms with van der Waals surface area (Å²) in [5, 5.41) is 4.42. The van der Waals surface area contributed by atoms with E-state index < -0.39 is 6.03 Å². The van der Waals surface area contributed by atoms with Gasteiger partial charge in [-0.25, -0.2) is 10.2 Å². The number of urea groups is 1. The smallest absolute Gasteiger partial charge is 0.332 e. The molecule has 20 heavy (non-hydrogen) atoms. The highest BCUT2D eigenvalue weighted by Crippen LogP contribution is 2.28. The molecule has 102 valence electrons. The maximum absolute atomic E-state index is 10.5. The van der Waals surface area contributed by atoms with Crippen molar-refractivity contribution in [3.05, 3.63) is 59.1 Å². The molecule has 0 aliphatic carbocycles. The zero-order valence-corrected chi connectivity index (χ0v) is 12.0. The van der Waals surface area contributed by atoms with Crippen LogP contribution in [0.25, 0.3) is 0 Å². The number of primary amides is 1. The highest BCUT2D eigenvalue weighted by atomic mass is 35.5. The molecule has 2 aromatic rings. The molecule has 0 aromatic heterocycles.